The number of hydrogen-bond acceptors (Lipinski definition) is 2. The van der Waals surface area contributed by atoms with Gasteiger partial charge in [-0.2, -0.15) is 10.5 Å². The van der Waals surface area contributed by atoms with Gasteiger partial charge in [0.05, 0.1) is 29.8 Å². The molecule has 3 rings (SSSR count). The minimum Gasteiger partial charge on any atom is -0.343 e. The van der Waals surface area contributed by atoms with Gasteiger partial charge in [0.1, 0.15) is 5.82 Å². The molecule has 0 aliphatic heterocycles. The summed E-state index contributed by atoms with van der Waals surface area (Å²) in [4.78, 5) is 0. The summed E-state index contributed by atoms with van der Waals surface area (Å²) < 4.78 is 15.7. The van der Waals surface area contributed by atoms with Crippen LogP contribution in [0.25, 0.3) is 10.9 Å². The van der Waals surface area contributed by atoms with Crippen molar-refractivity contribution in [2.75, 3.05) is 0 Å². The molecule has 0 radical (unpaired) electrons. The van der Waals surface area contributed by atoms with E-state index >= 15 is 0 Å². The van der Waals surface area contributed by atoms with E-state index in [1.54, 1.807) is 18.2 Å². The molecule has 21 heavy (non-hydrogen) atoms. The Labute approximate surface area is 121 Å². The highest BCUT2D eigenvalue weighted by atomic mass is 19.1. The highest BCUT2D eigenvalue weighted by Crippen LogP contribution is 2.20. The third-order valence-electron chi connectivity index (χ3n) is 3.42. The average molecular weight is 275 g/mol. The van der Waals surface area contributed by atoms with Crippen molar-refractivity contribution in [3.05, 3.63) is 71.2 Å². The van der Waals surface area contributed by atoms with Crippen LogP contribution in [0.1, 0.15) is 16.7 Å². The molecule has 0 fully saturated rings. The second kappa shape index (κ2) is 5.11. The fourth-order valence-electron chi connectivity index (χ4n) is 2.36. The Morgan fingerprint density at radius 1 is 0.952 bits per heavy atom. The summed E-state index contributed by atoms with van der Waals surface area (Å²) in [7, 11) is 0. The monoisotopic (exact) mass is 275 g/mol. The largest absolute Gasteiger partial charge is 0.343 e. The van der Waals surface area contributed by atoms with Gasteiger partial charge in [0, 0.05) is 22.7 Å². The highest BCUT2D eigenvalue weighted by Gasteiger charge is 2.07. The van der Waals surface area contributed by atoms with E-state index in [0.717, 1.165) is 10.9 Å². The zero-order chi connectivity index (χ0) is 14.8. The van der Waals surface area contributed by atoms with Gasteiger partial charge in [-0.05, 0) is 42.5 Å². The number of nitriles is 2. The molecule has 4 heteroatoms. The molecule has 1 heterocycles. The Morgan fingerprint density at radius 3 is 2.43 bits per heavy atom. The molecular weight excluding hydrogens is 265 g/mol. The van der Waals surface area contributed by atoms with Crippen LogP contribution in [0.15, 0.2) is 48.7 Å². The van der Waals surface area contributed by atoms with E-state index < -0.39 is 0 Å². The van der Waals surface area contributed by atoms with E-state index in [1.807, 2.05) is 29.0 Å². The van der Waals surface area contributed by atoms with Crippen molar-refractivity contribution in [1.82, 2.24) is 4.57 Å². The van der Waals surface area contributed by atoms with E-state index in [9.17, 15) is 4.39 Å². The van der Waals surface area contributed by atoms with Crippen molar-refractivity contribution in [3.8, 4) is 12.1 Å². The van der Waals surface area contributed by atoms with Crippen LogP contribution in [0.4, 0.5) is 4.39 Å². The first-order valence-corrected chi connectivity index (χ1v) is 6.39. The lowest BCUT2D eigenvalue weighted by Crippen LogP contribution is -2.01. The van der Waals surface area contributed by atoms with Gasteiger partial charge in [-0.15, -0.1) is 0 Å². The number of aromatic nitrogens is 1. The second-order valence-corrected chi connectivity index (χ2v) is 4.75. The molecule has 0 amide bonds. The van der Waals surface area contributed by atoms with Crippen LogP contribution in [0, 0.1) is 28.5 Å². The molecule has 0 unspecified atom stereocenters. The zero-order valence-electron chi connectivity index (χ0n) is 11.0. The van der Waals surface area contributed by atoms with Crippen molar-refractivity contribution < 1.29 is 4.39 Å². The minimum absolute atomic E-state index is 0.329. The molecule has 0 spiro atoms. The van der Waals surface area contributed by atoms with Gasteiger partial charge in [0.2, 0.25) is 0 Å². The maximum Gasteiger partial charge on any atom is 0.128 e. The lowest BCUT2D eigenvalue weighted by atomic mass is 10.1. The third-order valence-corrected chi connectivity index (χ3v) is 3.42. The van der Waals surface area contributed by atoms with Gasteiger partial charge >= 0.3 is 0 Å². The normalized spacial score (nSPS) is 10.2. The molecule has 0 N–H and O–H groups in total. The number of benzene rings is 2. The van der Waals surface area contributed by atoms with Crippen LogP contribution >= 0.6 is 0 Å². The van der Waals surface area contributed by atoms with E-state index in [0.29, 0.717) is 23.2 Å². The third kappa shape index (κ3) is 2.35. The maximum absolute atomic E-state index is 13.9. The minimum atomic E-state index is -0.329. The zero-order valence-corrected chi connectivity index (χ0v) is 11.0. The summed E-state index contributed by atoms with van der Waals surface area (Å²) in [5.74, 6) is -0.329. The molecule has 0 aliphatic carbocycles. The molecule has 3 aromatic rings. The van der Waals surface area contributed by atoms with Crippen molar-refractivity contribution >= 4 is 10.9 Å². The van der Waals surface area contributed by atoms with Gasteiger partial charge in [-0.25, -0.2) is 4.39 Å². The van der Waals surface area contributed by atoms with Crippen LogP contribution < -0.4 is 0 Å². The van der Waals surface area contributed by atoms with Crippen molar-refractivity contribution in [2.24, 2.45) is 0 Å². The average Bonchev–Trinajstić information content (AvgIpc) is 2.91. The van der Waals surface area contributed by atoms with Crippen LogP contribution in [0.3, 0.4) is 0 Å². The van der Waals surface area contributed by atoms with Crippen LogP contribution in [0.2, 0.25) is 0 Å². The summed E-state index contributed by atoms with van der Waals surface area (Å²) >= 11 is 0. The number of nitrogens with zero attached hydrogens (tertiary/aromatic N) is 3. The standard InChI is InChI=1S/C17H10FN3/c18-16-3-1-12(9-19)8-15(16)11-21-6-5-14-7-13(10-20)2-4-17(14)21/h1-8H,11H2. The Hall–Kier alpha value is -3.11. The molecule has 0 atom stereocenters. The molecule has 1 aromatic heterocycles. The lowest BCUT2D eigenvalue weighted by Gasteiger charge is -2.07. The topological polar surface area (TPSA) is 52.5 Å². The van der Waals surface area contributed by atoms with Crippen LogP contribution in [0.5, 0.6) is 0 Å². The Morgan fingerprint density at radius 2 is 1.67 bits per heavy atom. The second-order valence-electron chi connectivity index (χ2n) is 4.75. The predicted octanol–water partition coefficient (Wildman–Crippen LogP) is 3.57. The summed E-state index contributed by atoms with van der Waals surface area (Å²) in [6.45, 7) is 0.344. The smallest absolute Gasteiger partial charge is 0.128 e. The first-order chi connectivity index (χ1) is 10.2. The van der Waals surface area contributed by atoms with Crippen molar-refractivity contribution in [1.29, 1.82) is 10.5 Å². The van der Waals surface area contributed by atoms with E-state index in [-0.39, 0.29) is 5.82 Å². The number of hydrogen-bond donors (Lipinski definition) is 0. The number of rotatable bonds is 2. The highest BCUT2D eigenvalue weighted by molar-refractivity contribution is 5.81. The van der Waals surface area contributed by atoms with Crippen LogP contribution in [-0.4, -0.2) is 4.57 Å². The molecule has 3 nitrogen and oxygen atoms in total. The fourth-order valence-corrected chi connectivity index (χ4v) is 2.36. The Bertz CT molecular complexity index is 910. The van der Waals surface area contributed by atoms with Gasteiger partial charge in [-0.3, -0.25) is 0 Å². The van der Waals surface area contributed by atoms with E-state index in [2.05, 4.69) is 6.07 Å². The Balaban J connectivity index is 2.03. The molecule has 0 bridgehead atoms. The quantitative estimate of drug-likeness (QED) is 0.717. The van der Waals surface area contributed by atoms with Gasteiger partial charge in [0.25, 0.3) is 0 Å². The summed E-state index contributed by atoms with van der Waals surface area (Å²) in [6.07, 6.45) is 1.85. The molecule has 2 aromatic carbocycles. The summed E-state index contributed by atoms with van der Waals surface area (Å²) in [5, 5.41) is 18.7. The number of halogens is 1. The first-order valence-electron chi connectivity index (χ1n) is 6.39. The van der Waals surface area contributed by atoms with E-state index in [4.69, 9.17) is 10.5 Å². The fraction of sp³-hybridized carbons (Fsp3) is 0.0588. The van der Waals surface area contributed by atoms with Gasteiger partial charge < -0.3 is 4.57 Å². The first kappa shape index (κ1) is 12.9. The van der Waals surface area contributed by atoms with E-state index in [1.165, 1.54) is 12.1 Å². The molecule has 0 saturated heterocycles. The van der Waals surface area contributed by atoms with Crippen LogP contribution in [-0.2, 0) is 6.54 Å². The summed E-state index contributed by atoms with van der Waals surface area (Å²) in [6, 6.07) is 15.7. The van der Waals surface area contributed by atoms with Crippen molar-refractivity contribution in [3.63, 3.8) is 0 Å². The van der Waals surface area contributed by atoms with Gasteiger partial charge in [0.15, 0.2) is 0 Å². The molecule has 0 aliphatic rings. The predicted molar refractivity (Wildman–Crippen MR) is 76.9 cm³/mol. The van der Waals surface area contributed by atoms with Crippen molar-refractivity contribution in [2.45, 2.75) is 6.54 Å². The summed E-state index contributed by atoms with van der Waals surface area (Å²) in [5.41, 5.74) is 2.43. The lowest BCUT2D eigenvalue weighted by molar-refractivity contribution is 0.602. The molecular formula is C17H10FN3. The molecule has 100 valence electrons. The SMILES string of the molecule is N#Cc1ccc(F)c(Cn2ccc3cc(C#N)ccc32)c1. The number of fused-ring (bicyclic) bond motifs is 1. The maximum atomic E-state index is 13.9. The molecule has 0 saturated carbocycles. The van der Waals surface area contributed by atoms with Gasteiger partial charge in [-0.1, -0.05) is 0 Å². The Kier molecular flexibility index (Phi) is 3.14.